The average molecular weight is 228 g/mol. The predicted octanol–water partition coefficient (Wildman–Crippen LogP) is 0.780. The highest BCUT2D eigenvalue weighted by atomic mass is 16.3. The molecule has 0 aromatic heterocycles. The topological polar surface area (TPSA) is 75.4 Å². The Morgan fingerprint density at radius 1 is 1.62 bits per heavy atom. The third kappa shape index (κ3) is 3.19. The number of aliphatic hydroxyl groups is 1. The van der Waals surface area contributed by atoms with Crippen molar-refractivity contribution in [3.05, 3.63) is 0 Å². The summed E-state index contributed by atoms with van der Waals surface area (Å²) in [4.78, 5) is 11.6. The number of aliphatic hydroxyl groups excluding tert-OH is 1. The van der Waals surface area contributed by atoms with Crippen LogP contribution in [0.15, 0.2) is 0 Å². The molecule has 1 fully saturated rings. The van der Waals surface area contributed by atoms with Gasteiger partial charge in [0.05, 0.1) is 6.10 Å². The van der Waals surface area contributed by atoms with E-state index in [0.717, 1.165) is 12.8 Å². The van der Waals surface area contributed by atoms with Crippen LogP contribution in [0.3, 0.4) is 0 Å². The molecule has 0 spiro atoms. The minimum atomic E-state index is -0.290. The van der Waals surface area contributed by atoms with Gasteiger partial charge in [-0.05, 0) is 26.2 Å². The van der Waals surface area contributed by atoms with Crippen molar-refractivity contribution in [2.45, 2.75) is 64.6 Å². The highest BCUT2D eigenvalue weighted by Crippen LogP contribution is 2.40. The van der Waals surface area contributed by atoms with Gasteiger partial charge in [-0.2, -0.15) is 0 Å². The van der Waals surface area contributed by atoms with Crippen molar-refractivity contribution in [2.24, 2.45) is 11.1 Å². The van der Waals surface area contributed by atoms with Crippen molar-refractivity contribution in [3.63, 3.8) is 0 Å². The molecule has 4 N–H and O–H groups in total. The molecule has 3 unspecified atom stereocenters. The first kappa shape index (κ1) is 13.5. The zero-order valence-corrected chi connectivity index (χ0v) is 10.5. The smallest absolute Gasteiger partial charge is 0.220 e. The summed E-state index contributed by atoms with van der Waals surface area (Å²) in [5.41, 5.74) is 5.43. The maximum Gasteiger partial charge on any atom is 0.220 e. The summed E-state index contributed by atoms with van der Waals surface area (Å²) in [6.45, 7) is 5.91. The zero-order chi connectivity index (χ0) is 12.3. The first-order valence-electron chi connectivity index (χ1n) is 6.07. The molecule has 1 aliphatic rings. The van der Waals surface area contributed by atoms with Crippen molar-refractivity contribution in [1.82, 2.24) is 5.32 Å². The third-order valence-electron chi connectivity index (χ3n) is 3.61. The van der Waals surface area contributed by atoms with Gasteiger partial charge in [0, 0.05) is 23.9 Å². The Bertz CT molecular complexity index is 251. The molecule has 1 saturated carbocycles. The fourth-order valence-corrected chi connectivity index (χ4v) is 2.00. The Morgan fingerprint density at radius 2 is 2.25 bits per heavy atom. The molecule has 4 nitrogen and oxygen atoms in total. The van der Waals surface area contributed by atoms with Crippen molar-refractivity contribution in [2.75, 3.05) is 0 Å². The normalized spacial score (nSPS) is 29.3. The molecule has 0 aromatic rings. The quantitative estimate of drug-likeness (QED) is 0.651. The van der Waals surface area contributed by atoms with Gasteiger partial charge in [0.2, 0.25) is 5.91 Å². The van der Waals surface area contributed by atoms with Crippen LogP contribution in [-0.4, -0.2) is 29.2 Å². The largest absolute Gasteiger partial charge is 0.392 e. The first-order valence-corrected chi connectivity index (χ1v) is 6.07. The molecule has 3 atom stereocenters. The van der Waals surface area contributed by atoms with E-state index in [2.05, 4.69) is 5.32 Å². The SMILES string of the molecule is CC(N)CCCC(=O)NC1CC(O)C1(C)C. The lowest BCUT2D eigenvalue weighted by molar-refractivity contribution is -0.129. The molecule has 4 heteroatoms. The molecule has 0 saturated heterocycles. The van der Waals surface area contributed by atoms with Gasteiger partial charge >= 0.3 is 0 Å². The van der Waals surface area contributed by atoms with E-state index in [1.54, 1.807) is 0 Å². The number of carbonyl (C=O) groups is 1. The lowest BCUT2D eigenvalue weighted by Crippen LogP contribution is -2.61. The van der Waals surface area contributed by atoms with Crippen LogP contribution in [0, 0.1) is 5.41 Å². The molecule has 0 aromatic carbocycles. The van der Waals surface area contributed by atoms with Crippen LogP contribution in [0.2, 0.25) is 0 Å². The van der Waals surface area contributed by atoms with E-state index in [1.807, 2.05) is 20.8 Å². The van der Waals surface area contributed by atoms with E-state index in [4.69, 9.17) is 5.73 Å². The van der Waals surface area contributed by atoms with Crippen molar-refractivity contribution < 1.29 is 9.90 Å². The van der Waals surface area contributed by atoms with E-state index in [9.17, 15) is 9.90 Å². The number of rotatable bonds is 5. The molecule has 94 valence electrons. The lowest BCUT2D eigenvalue weighted by Gasteiger charge is -2.49. The molecule has 0 bridgehead atoms. The Labute approximate surface area is 97.6 Å². The number of hydrogen-bond acceptors (Lipinski definition) is 3. The number of amides is 1. The van der Waals surface area contributed by atoms with E-state index in [-0.39, 0.29) is 29.5 Å². The van der Waals surface area contributed by atoms with Crippen LogP contribution in [-0.2, 0) is 4.79 Å². The Balaban J connectivity index is 2.21. The van der Waals surface area contributed by atoms with Crippen molar-refractivity contribution >= 4 is 5.91 Å². The average Bonchev–Trinajstić information content (AvgIpc) is 2.16. The molecule has 1 aliphatic carbocycles. The van der Waals surface area contributed by atoms with E-state index in [1.165, 1.54) is 0 Å². The van der Waals surface area contributed by atoms with Crippen LogP contribution in [0.5, 0.6) is 0 Å². The monoisotopic (exact) mass is 228 g/mol. The van der Waals surface area contributed by atoms with Gasteiger partial charge < -0.3 is 16.2 Å². The van der Waals surface area contributed by atoms with Gasteiger partial charge in [0.25, 0.3) is 0 Å². The molecule has 0 radical (unpaired) electrons. The second kappa shape index (κ2) is 5.15. The summed E-state index contributed by atoms with van der Waals surface area (Å²) in [5, 5.41) is 12.5. The van der Waals surface area contributed by atoms with Gasteiger partial charge in [0.15, 0.2) is 0 Å². The molecular weight excluding hydrogens is 204 g/mol. The minimum Gasteiger partial charge on any atom is -0.392 e. The number of carbonyl (C=O) groups excluding carboxylic acids is 1. The lowest BCUT2D eigenvalue weighted by atomic mass is 9.64. The zero-order valence-electron chi connectivity index (χ0n) is 10.5. The fraction of sp³-hybridized carbons (Fsp3) is 0.917. The highest BCUT2D eigenvalue weighted by molar-refractivity contribution is 5.76. The number of hydrogen-bond donors (Lipinski definition) is 3. The molecular formula is C12H24N2O2. The Hall–Kier alpha value is -0.610. The Kier molecular flexibility index (Phi) is 4.33. The van der Waals surface area contributed by atoms with Gasteiger partial charge in [0.1, 0.15) is 0 Å². The van der Waals surface area contributed by atoms with Crippen LogP contribution < -0.4 is 11.1 Å². The van der Waals surface area contributed by atoms with Crippen LogP contribution in [0.25, 0.3) is 0 Å². The maximum atomic E-state index is 11.6. The van der Waals surface area contributed by atoms with Gasteiger partial charge in [-0.25, -0.2) is 0 Å². The van der Waals surface area contributed by atoms with E-state index >= 15 is 0 Å². The summed E-state index contributed by atoms with van der Waals surface area (Å²) in [6, 6.07) is 0.278. The second-order valence-corrected chi connectivity index (χ2v) is 5.56. The van der Waals surface area contributed by atoms with E-state index in [0.29, 0.717) is 12.8 Å². The number of nitrogens with one attached hydrogen (secondary N) is 1. The van der Waals surface area contributed by atoms with Gasteiger partial charge in [-0.1, -0.05) is 13.8 Å². The minimum absolute atomic E-state index is 0.0747. The Morgan fingerprint density at radius 3 is 2.69 bits per heavy atom. The second-order valence-electron chi connectivity index (χ2n) is 5.56. The highest BCUT2D eigenvalue weighted by Gasteiger charge is 2.47. The van der Waals surface area contributed by atoms with E-state index < -0.39 is 0 Å². The van der Waals surface area contributed by atoms with Gasteiger partial charge in [-0.15, -0.1) is 0 Å². The molecule has 0 heterocycles. The molecule has 16 heavy (non-hydrogen) atoms. The summed E-state index contributed by atoms with van der Waals surface area (Å²) in [5.74, 6) is 0.0747. The molecule has 1 rings (SSSR count). The summed E-state index contributed by atoms with van der Waals surface area (Å²) < 4.78 is 0. The standard InChI is InChI=1S/C12H24N2O2/c1-8(13)5-4-6-11(16)14-9-7-10(15)12(9,2)3/h8-10,15H,4-7,13H2,1-3H3,(H,14,16). The number of nitrogens with two attached hydrogens (primary N) is 1. The first-order chi connectivity index (χ1) is 7.34. The summed E-state index contributed by atoms with van der Waals surface area (Å²) in [7, 11) is 0. The maximum absolute atomic E-state index is 11.6. The van der Waals surface area contributed by atoms with Crippen LogP contribution in [0.1, 0.15) is 46.5 Å². The van der Waals surface area contributed by atoms with Crippen LogP contribution in [0.4, 0.5) is 0 Å². The fourth-order valence-electron chi connectivity index (χ4n) is 2.00. The van der Waals surface area contributed by atoms with Crippen LogP contribution >= 0.6 is 0 Å². The summed E-state index contributed by atoms with van der Waals surface area (Å²) in [6.07, 6.45) is 2.63. The third-order valence-corrected chi connectivity index (χ3v) is 3.61. The predicted molar refractivity (Wildman–Crippen MR) is 63.8 cm³/mol. The van der Waals surface area contributed by atoms with Gasteiger partial charge in [-0.3, -0.25) is 4.79 Å². The summed E-state index contributed by atoms with van der Waals surface area (Å²) >= 11 is 0. The molecule has 0 aliphatic heterocycles. The van der Waals surface area contributed by atoms with Crippen molar-refractivity contribution in [1.29, 1.82) is 0 Å². The van der Waals surface area contributed by atoms with Crippen molar-refractivity contribution in [3.8, 4) is 0 Å². The molecule has 1 amide bonds.